The number of halogens is 1. The van der Waals surface area contributed by atoms with Crippen LogP contribution in [0.5, 0.6) is 23.0 Å². The first-order valence-electron chi connectivity index (χ1n) is 9.65. The van der Waals surface area contributed by atoms with E-state index in [-0.39, 0.29) is 11.5 Å². The van der Waals surface area contributed by atoms with Crippen LogP contribution in [0.15, 0.2) is 59.1 Å². The van der Waals surface area contributed by atoms with Crippen LogP contribution in [0.25, 0.3) is 0 Å². The third-order valence-electron chi connectivity index (χ3n) is 5.23. The first-order chi connectivity index (χ1) is 15.3. The van der Waals surface area contributed by atoms with Crippen LogP contribution in [0.1, 0.15) is 40.9 Å². The summed E-state index contributed by atoms with van der Waals surface area (Å²) in [6, 6.07) is 15.1. The molecule has 32 heavy (non-hydrogen) atoms. The molecule has 0 bridgehead atoms. The van der Waals surface area contributed by atoms with E-state index in [9.17, 15) is 14.4 Å². The molecule has 0 unspecified atom stereocenters. The summed E-state index contributed by atoms with van der Waals surface area (Å²) in [6.45, 7) is 2.60. The predicted octanol–water partition coefficient (Wildman–Crippen LogP) is 4.87. The average molecular weight is 495 g/mol. The number of esters is 3. The highest BCUT2D eigenvalue weighted by molar-refractivity contribution is 9.10. The van der Waals surface area contributed by atoms with E-state index >= 15 is 0 Å². The van der Waals surface area contributed by atoms with Gasteiger partial charge < -0.3 is 18.9 Å². The number of fused-ring (bicyclic) bond motifs is 6. The first kappa shape index (κ1) is 20.3. The van der Waals surface area contributed by atoms with Gasteiger partial charge in [0.25, 0.3) is 0 Å². The molecular formula is C24H15BrO7. The van der Waals surface area contributed by atoms with Crippen molar-refractivity contribution in [2.24, 2.45) is 0 Å². The largest absolute Gasteiger partial charge is 0.456 e. The molecule has 0 atom stereocenters. The smallest absolute Gasteiger partial charge is 0.340 e. The molecule has 2 aliphatic rings. The van der Waals surface area contributed by atoms with Gasteiger partial charge in [-0.2, -0.15) is 0 Å². The Morgan fingerprint density at radius 1 is 0.812 bits per heavy atom. The van der Waals surface area contributed by atoms with Gasteiger partial charge in [-0.25, -0.2) is 4.79 Å². The number of hydrogen-bond donors (Lipinski definition) is 0. The minimum Gasteiger partial charge on any atom is -0.456 e. The molecule has 0 amide bonds. The van der Waals surface area contributed by atoms with Crippen molar-refractivity contribution >= 4 is 33.8 Å². The minimum absolute atomic E-state index is 0.284. The summed E-state index contributed by atoms with van der Waals surface area (Å²) < 4.78 is 23.3. The van der Waals surface area contributed by atoms with Crippen LogP contribution in [0.3, 0.4) is 0 Å². The van der Waals surface area contributed by atoms with E-state index in [1.54, 1.807) is 42.5 Å². The van der Waals surface area contributed by atoms with Crippen LogP contribution in [-0.2, 0) is 19.9 Å². The third-order valence-corrected chi connectivity index (χ3v) is 5.73. The monoisotopic (exact) mass is 494 g/mol. The summed E-state index contributed by atoms with van der Waals surface area (Å²) in [4.78, 5) is 35.8. The third kappa shape index (κ3) is 3.06. The molecule has 0 aromatic heterocycles. The van der Waals surface area contributed by atoms with Gasteiger partial charge in [0.2, 0.25) is 0 Å². The van der Waals surface area contributed by atoms with Gasteiger partial charge in [0.1, 0.15) is 23.0 Å². The van der Waals surface area contributed by atoms with Gasteiger partial charge >= 0.3 is 17.9 Å². The molecule has 5 rings (SSSR count). The molecule has 3 aromatic rings. The van der Waals surface area contributed by atoms with Crippen molar-refractivity contribution in [1.82, 2.24) is 0 Å². The molecular weight excluding hydrogens is 480 g/mol. The van der Waals surface area contributed by atoms with Crippen molar-refractivity contribution in [3.63, 3.8) is 0 Å². The van der Waals surface area contributed by atoms with Gasteiger partial charge in [-0.3, -0.25) is 9.59 Å². The normalized spacial score (nSPS) is 14.5. The van der Waals surface area contributed by atoms with Gasteiger partial charge in [-0.1, -0.05) is 22.0 Å². The molecule has 160 valence electrons. The van der Waals surface area contributed by atoms with Crippen LogP contribution >= 0.6 is 15.9 Å². The summed E-state index contributed by atoms with van der Waals surface area (Å²) in [5.41, 5.74) is 0.953. The lowest BCUT2D eigenvalue weighted by Crippen LogP contribution is -2.33. The number of benzene rings is 3. The molecule has 0 N–H and O–H groups in total. The predicted molar refractivity (Wildman–Crippen MR) is 115 cm³/mol. The van der Waals surface area contributed by atoms with Crippen molar-refractivity contribution in [3.8, 4) is 23.0 Å². The molecule has 0 aliphatic carbocycles. The van der Waals surface area contributed by atoms with Crippen molar-refractivity contribution in [2.45, 2.75) is 19.4 Å². The van der Waals surface area contributed by atoms with Crippen LogP contribution in [-0.4, -0.2) is 17.9 Å². The standard InChI is InChI=1S/C24H15BrO7/c1-12(26)29-15-4-7-19-21(10-15)31-22-11-16(30-13(2)27)5-8-20(22)24(19)18-6-3-14(25)9-17(18)23(28)32-24/h3-11H,1-2H3. The van der Waals surface area contributed by atoms with Gasteiger partial charge in [0.05, 0.1) is 5.56 Å². The zero-order valence-electron chi connectivity index (χ0n) is 16.9. The second-order valence-corrected chi connectivity index (χ2v) is 8.28. The fraction of sp³-hybridized carbons (Fsp3) is 0.125. The van der Waals surface area contributed by atoms with Gasteiger partial charge in [0, 0.05) is 47.1 Å². The molecule has 0 saturated carbocycles. The zero-order chi connectivity index (χ0) is 22.6. The van der Waals surface area contributed by atoms with Crippen molar-refractivity contribution in [2.75, 3.05) is 0 Å². The molecule has 7 nitrogen and oxygen atoms in total. The molecule has 0 fully saturated rings. The summed E-state index contributed by atoms with van der Waals surface area (Å²) >= 11 is 3.40. The van der Waals surface area contributed by atoms with Crippen LogP contribution in [0.4, 0.5) is 0 Å². The number of hydrogen-bond acceptors (Lipinski definition) is 7. The highest BCUT2D eigenvalue weighted by Crippen LogP contribution is 2.57. The topological polar surface area (TPSA) is 88.1 Å². The van der Waals surface area contributed by atoms with E-state index in [1.165, 1.54) is 13.8 Å². The van der Waals surface area contributed by atoms with Gasteiger partial charge in [-0.05, 0) is 36.4 Å². The Hall–Kier alpha value is -3.65. The molecule has 0 radical (unpaired) electrons. The Balaban J connectivity index is 1.77. The van der Waals surface area contributed by atoms with Crippen LogP contribution in [0, 0.1) is 0 Å². The summed E-state index contributed by atoms with van der Waals surface area (Å²) in [7, 11) is 0. The minimum atomic E-state index is -1.28. The Morgan fingerprint density at radius 2 is 1.34 bits per heavy atom. The molecule has 3 aromatic carbocycles. The fourth-order valence-electron chi connectivity index (χ4n) is 4.12. The highest BCUT2D eigenvalue weighted by Gasteiger charge is 2.53. The quantitative estimate of drug-likeness (QED) is 0.371. The number of carbonyl (C=O) groups excluding carboxylic acids is 3. The Bertz CT molecular complexity index is 1260. The average Bonchev–Trinajstić information content (AvgIpc) is 2.99. The molecule has 0 saturated heterocycles. The second-order valence-electron chi connectivity index (χ2n) is 7.37. The SMILES string of the molecule is CC(=O)Oc1ccc2c(c1)Oc1cc(OC(C)=O)ccc1C21OC(=O)c2cc(Br)ccc21. The van der Waals surface area contributed by atoms with E-state index in [2.05, 4.69) is 15.9 Å². The van der Waals surface area contributed by atoms with Crippen molar-refractivity contribution in [3.05, 3.63) is 81.3 Å². The van der Waals surface area contributed by atoms with E-state index in [0.717, 1.165) is 4.47 Å². The van der Waals surface area contributed by atoms with Gasteiger partial charge in [-0.15, -0.1) is 0 Å². The molecule has 2 aliphatic heterocycles. The van der Waals surface area contributed by atoms with E-state index in [0.29, 0.717) is 33.8 Å². The maximum Gasteiger partial charge on any atom is 0.340 e. The van der Waals surface area contributed by atoms with E-state index < -0.39 is 23.5 Å². The first-order valence-corrected chi connectivity index (χ1v) is 10.4. The maximum atomic E-state index is 12.9. The Morgan fingerprint density at radius 3 is 1.88 bits per heavy atom. The summed E-state index contributed by atoms with van der Waals surface area (Å²) in [6.07, 6.45) is 0. The number of carbonyl (C=O) groups is 3. The van der Waals surface area contributed by atoms with E-state index in [1.807, 2.05) is 12.1 Å². The Kier molecular flexibility index (Phi) is 4.56. The lowest BCUT2D eigenvalue weighted by molar-refractivity contribution is -0.132. The lowest BCUT2D eigenvalue weighted by atomic mass is 9.77. The fourth-order valence-corrected chi connectivity index (χ4v) is 4.48. The van der Waals surface area contributed by atoms with Crippen molar-refractivity contribution < 1.29 is 33.3 Å². The summed E-state index contributed by atoms with van der Waals surface area (Å²) in [5.74, 6) is -0.170. The maximum absolute atomic E-state index is 12.9. The highest BCUT2D eigenvalue weighted by atomic mass is 79.9. The van der Waals surface area contributed by atoms with E-state index in [4.69, 9.17) is 18.9 Å². The van der Waals surface area contributed by atoms with Crippen molar-refractivity contribution in [1.29, 1.82) is 0 Å². The molecule has 8 heteroatoms. The number of ether oxygens (including phenoxy) is 4. The molecule has 2 heterocycles. The van der Waals surface area contributed by atoms with Gasteiger partial charge in [0.15, 0.2) is 5.60 Å². The molecule has 1 spiro atoms. The second kappa shape index (κ2) is 7.20. The lowest BCUT2D eigenvalue weighted by Gasteiger charge is -2.36. The van der Waals surface area contributed by atoms with Crippen LogP contribution < -0.4 is 14.2 Å². The summed E-state index contributed by atoms with van der Waals surface area (Å²) in [5, 5.41) is 0. The zero-order valence-corrected chi connectivity index (χ0v) is 18.5. The Labute approximate surface area is 191 Å². The van der Waals surface area contributed by atoms with Crippen LogP contribution in [0.2, 0.25) is 0 Å². The number of rotatable bonds is 2.